The van der Waals surface area contributed by atoms with Crippen molar-refractivity contribution in [2.75, 3.05) is 18.0 Å². The Hall–Kier alpha value is -2.97. The maximum Gasteiger partial charge on any atom is 0.330 e. The van der Waals surface area contributed by atoms with E-state index in [9.17, 15) is 9.90 Å². The lowest BCUT2D eigenvalue weighted by atomic mass is 9.87. The van der Waals surface area contributed by atoms with E-state index in [0.717, 1.165) is 11.3 Å². The summed E-state index contributed by atoms with van der Waals surface area (Å²) >= 11 is 0. The number of aromatic amines is 1. The number of fused-ring (bicyclic) bond motifs is 1. The SMILES string of the molecule is O=C(O)C1(n2ccnc2)CCN(c2ncnc3nc[nH]c23)CC1. The highest BCUT2D eigenvalue weighted by atomic mass is 16.4. The van der Waals surface area contributed by atoms with Crippen molar-refractivity contribution < 1.29 is 9.90 Å². The summed E-state index contributed by atoms with van der Waals surface area (Å²) in [6.45, 7) is 1.16. The zero-order chi connectivity index (χ0) is 15.9. The predicted molar refractivity (Wildman–Crippen MR) is 81.0 cm³/mol. The first kappa shape index (κ1) is 13.7. The predicted octanol–water partition coefficient (Wildman–Crippen LogP) is 0.630. The normalized spacial score (nSPS) is 17.5. The van der Waals surface area contributed by atoms with Gasteiger partial charge in [0.25, 0.3) is 0 Å². The minimum atomic E-state index is -0.951. The lowest BCUT2D eigenvalue weighted by Crippen LogP contribution is -2.51. The monoisotopic (exact) mass is 313 g/mol. The highest BCUT2D eigenvalue weighted by molar-refractivity contribution is 5.83. The molecule has 23 heavy (non-hydrogen) atoms. The standard InChI is InChI=1S/C14H15N7O2/c22-13(23)14(21-6-3-15-9-21)1-4-20(5-2-14)12-10-11(17-7-16-10)18-8-19-12/h3,6-9H,1-2,4-5H2,(H,22,23)(H,16,17,18,19). The molecule has 3 aromatic heterocycles. The number of carboxylic acids is 1. The molecular formula is C14H15N7O2. The lowest BCUT2D eigenvalue weighted by Gasteiger charge is -2.40. The number of rotatable bonds is 3. The average Bonchev–Trinajstić information content (AvgIpc) is 3.26. The van der Waals surface area contributed by atoms with Crippen LogP contribution in [0.15, 0.2) is 31.4 Å². The number of nitrogens with zero attached hydrogens (tertiary/aromatic N) is 6. The molecule has 9 nitrogen and oxygen atoms in total. The van der Waals surface area contributed by atoms with Crippen molar-refractivity contribution in [1.29, 1.82) is 0 Å². The molecular weight excluding hydrogens is 298 g/mol. The molecule has 0 aromatic carbocycles. The zero-order valence-corrected chi connectivity index (χ0v) is 12.3. The smallest absolute Gasteiger partial charge is 0.330 e. The largest absolute Gasteiger partial charge is 0.479 e. The van der Waals surface area contributed by atoms with E-state index in [0.29, 0.717) is 31.6 Å². The molecule has 2 N–H and O–H groups in total. The molecule has 0 aliphatic carbocycles. The van der Waals surface area contributed by atoms with Gasteiger partial charge in [0.2, 0.25) is 0 Å². The topological polar surface area (TPSA) is 113 Å². The molecule has 0 unspecified atom stereocenters. The number of anilines is 1. The zero-order valence-electron chi connectivity index (χ0n) is 12.3. The summed E-state index contributed by atoms with van der Waals surface area (Å²) in [4.78, 5) is 33.6. The Morgan fingerprint density at radius 3 is 2.78 bits per heavy atom. The molecule has 0 radical (unpaired) electrons. The third-order valence-electron chi connectivity index (χ3n) is 4.49. The first-order valence-corrected chi connectivity index (χ1v) is 7.31. The molecule has 1 saturated heterocycles. The van der Waals surface area contributed by atoms with E-state index in [1.54, 1.807) is 29.6 Å². The van der Waals surface area contributed by atoms with Crippen LogP contribution in [0.5, 0.6) is 0 Å². The number of piperidine rings is 1. The molecule has 118 valence electrons. The van der Waals surface area contributed by atoms with Gasteiger partial charge in [0.1, 0.15) is 17.4 Å². The second-order valence-electron chi connectivity index (χ2n) is 5.59. The summed E-state index contributed by atoms with van der Waals surface area (Å²) in [6, 6.07) is 0. The van der Waals surface area contributed by atoms with Gasteiger partial charge >= 0.3 is 5.97 Å². The highest BCUT2D eigenvalue weighted by Crippen LogP contribution is 2.33. The van der Waals surface area contributed by atoms with Gasteiger partial charge in [-0.1, -0.05) is 0 Å². The molecule has 0 bridgehead atoms. The molecule has 1 fully saturated rings. The molecule has 3 aromatic rings. The van der Waals surface area contributed by atoms with E-state index in [2.05, 4.69) is 29.8 Å². The van der Waals surface area contributed by atoms with Gasteiger partial charge in [-0.05, 0) is 12.8 Å². The summed E-state index contributed by atoms with van der Waals surface area (Å²) in [5.41, 5.74) is 0.435. The van der Waals surface area contributed by atoms with Crippen molar-refractivity contribution in [3.05, 3.63) is 31.4 Å². The van der Waals surface area contributed by atoms with Crippen molar-refractivity contribution in [2.24, 2.45) is 0 Å². The van der Waals surface area contributed by atoms with Crippen LogP contribution in [0.3, 0.4) is 0 Å². The van der Waals surface area contributed by atoms with Crippen LogP contribution >= 0.6 is 0 Å². The van der Waals surface area contributed by atoms with Gasteiger partial charge in [0.05, 0.1) is 12.7 Å². The summed E-state index contributed by atoms with van der Waals surface area (Å²) in [5, 5.41) is 9.75. The molecule has 4 heterocycles. The minimum absolute atomic E-state index is 0.471. The Morgan fingerprint density at radius 2 is 2.09 bits per heavy atom. The third kappa shape index (κ3) is 2.04. The van der Waals surface area contributed by atoms with E-state index in [1.165, 1.54) is 6.33 Å². The van der Waals surface area contributed by atoms with Gasteiger partial charge in [-0.25, -0.2) is 24.7 Å². The summed E-state index contributed by atoms with van der Waals surface area (Å²) in [7, 11) is 0. The van der Waals surface area contributed by atoms with Crippen molar-refractivity contribution in [2.45, 2.75) is 18.4 Å². The summed E-state index contributed by atoms with van der Waals surface area (Å²) < 4.78 is 1.69. The number of imidazole rings is 2. The van der Waals surface area contributed by atoms with E-state index in [1.807, 2.05) is 0 Å². The Morgan fingerprint density at radius 1 is 1.26 bits per heavy atom. The van der Waals surface area contributed by atoms with Crippen molar-refractivity contribution in [1.82, 2.24) is 29.5 Å². The number of carbonyl (C=O) groups is 1. The summed E-state index contributed by atoms with van der Waals surface area (Å²) in [5.74, 6) is -0.0679. The molecule has 4 rings (SSSR count). The number of H-pyrrole nitrogens is 1. The Labute approximate surface area is 131 Å². The van der Waals surface area contributed by atoms with Crippen molar-refractivity contribution in [3.8, 4) is 0 Å². The van der Waals surface area contributed by atoms with Crippen LogP contribution in [-0.2, 0) is 10.3 Å². The molecule has 1 aliphatic heterocycles. The van der Waals surface area contributed by atoms with Crippen molar-refractivity contribution in [3.63, 3.8) is 0 Å². The van der Waals surface area contributed by atoms with Crippen LogP contribution in [-0.4, -0.2) is 53.7 Å². The van der Waals surface area contributed by atoms with Crippen LogP contribution in [0.25, 0.3) is 11.2 Å². The van der Waals surface area contributed by atoms with Crippen LogP contribution in [0.2, 0.25) is 0 Å². The van der Waals surface area contributed by atoms with E-state index in [4.69, 9.17) is 0 Å². The van der Waals surface area contributed by atoms with Gasteiger partial charge in [-0.3, -0.25) is 0 Å². The fourth-order valence-electron chi connectivity index (χ4n) is 3.18. The van der Waals surface area contributed by atoms with E-state index in [-0.39, 0.29) is 0 Å². The second-order valence-corrected chi connectivity index (χ2v) is 5.59. The molecule has 1 aliphatic rings. The van der Waals surface area contributed by atoms with Crippen LogP contribution < -0.4 is 4.90 Å². The van der Waals surface area contributed by atoms with E-state index < -0.39 is 11.5 Å². The Balaban J connectivity index is 1.64. The first-order valence-electron chi connectivity index (χ1n) is 7.31. The molecule has 0 atom stereocenters. The average molecular weight is 313 g/mol. The van der Waals surface area contributed by atoms with Gasteiger partial charge < -0.3 is 19.6 Å². The maximum absolute atomic E-state index is 11.9. The minimum Gasteiger partial charge on any atom is -0.479 e. The fraction of sp³-hybridized carbons (Fsp3) is 0.357. The first-order chi connectivity index (χ1) is 11.2. The van der Waals surface area contributed by atoms with Crippen LogP contribution in [0.1, 0.15) is 12.8 Å². The van der Waals surface area contributed by atoms with Gasteiger partial charge in [0.15, 0.2) is 11.5 Å². The number of nitrogens with one attached hydrogen (secondary N) is 1. The van der Waals surface area contributed by atoms with Gasteiger partial charge in [0, 0.05) is 25.5 Å². The lowest BCUT2D eigenvalue weighted by molar-refractivity contribution is -0.148. The van der Waals surface area contributed by atoms with Crippen LogP contribution in [0, 0.1) is 0 Å². The highest BCUT2D eigenvalue weighted by Gasteiger charge is 2.43. The van der Waals surface area contributed by atoms with Crippen molar-refractivity contribution >= 4 is 23.0 Å². The van der Waals surface area contributed by atoms with Crippen LogP contribution in [0.4, 0.5) is 5.82 Å². The van der Waals surface area contributed by atoms with Gasteiger partial charge in [-0.2, -0.15) is 0 Å². The number of aliphatic carboxylic acids is 1. The number of carboxylic acid groups (broad SMARTS) is 1. The molecule has 0 amide bonds. The fourth-order valence-corrected chi connectivity index (χ4v) is 3.18. The molecule has 9 heteroatoms. The maximum atomic E-state index is 11.9. The van der Waals surface area contributed by atoms with E-state index >= 15 is 0 Å². The Kier molecular flexibility index (Phi) is 3.00. The Bertz CT molecular complexity index is 834. The molecule has 0 spiro atoms. The number of aromatic nitrogens is 6. The number of hydrogen-bond acceptors (Lipinski definition) is 6. The quantitative estimate of drug-likeness (QED) is 0.729. The molecule has 0 saturated carbocycles. The van der Waals surface area contributed by atoms with Gasteiger partial charge in [-0.15, -0.1) is 0 Å². The third-order valence-corrected chi connectivity index (χ3v) is 4.49. The summed E-state index contributed by atoms with van der Waals surface area (Å²) in [6.07, 6.45) is 8.89. The second kappa shape index (κ2) is 5.04. The number of hydrogen-bond donors (Lipinski definition) is 2.